The van der Waals surface area contributed by atoms with Gasteiger partial charge in [0.2, 0.25) is 0 Å². The summed E-state index contributed by atoms with van der Waals surface area (Å²) in [6.45, 7) is 2.16. The third-order valence-corrected chi connectivity index (χ3v) is 6.38. The zero-order chi connectivity index (χ0) is 13.0. The maximum absolute atomic E-state index is 12.3. The minimum atomic E-state index is 0.141. The maximum atomic E-state index is 12.3. The van der Waals surface area contributed by atoms with Crippen molar-refractivity contribution in [2.45, 2.75) is 30.3 Å². The number of carbonyl (C=O) groups excluding carboxylic acids is 1. The minimum Gasteiger partial charge on any atom is -0.508 e. The van der Waals surface area contributed by atoms with Crippen molar-refractivity contribution in [3.05, 3.63) is 29.8 Å². The zero-order valence-electron chi connectivity index (χ0n) is 10.5. The average molecular weight is 282 g/mol. The standard InChI is InChI=1S/C14H18O2S2/c1-2-13-14(18-8-7-17-13)12(16)9-10-3-5-11(15)6-4-10/h3-6,13-15H,2,7-9H2,1H3. The zero-order valence-corrected chi connectivity index (χ0v) is 12.1. The van der Waals surface area contributed by atoms with Gasteiger partial charge in [0.15, 0.2) is 5.78 Å². The van der Waals surface area contributed by atoms with Gasteiger partial charge in [0.25, 0.3) is 0 Å². The number of carbonyl (C=O) groups is 1. The first-order valence-electron chi connectivity index (χ1n) is 6.24. The molecule has 0 amide bonds. The Bertz CT molecular complexity index is 403. The first-order valence-corrected chi connectivity index (χ1v) is 8.34. The van der Waals surface area contributed by atoms with E-state index in [0.29, 0.717) is 17.5 Å². The van der Waals surface area contributed by atoms with Gasteiger partial charge in [0.1, 0.15) is 5.75 Å². The van der Waals surface area contributed by atoms with Crippen LogP contribution in [-0.4, -0.2) is 32.9 Å². The van der Waals surface area contributed by atoms with E-state index in [9.17, 15) is 9.90 Å². The molecule has 1 aliphatic rings. The van der Waals surface area contributed by atoms with Gasteiger partial charge in [-0.1, -0.05) is 19.1 Å². The third-order valence-electron chi connectivity index (χ3n) is 3.08. The number of aromatic hydroxyl groups is 1. The van der Waals surface area contributed by atoms with Gasteiger partial charge in [-0.3, -0.25) is 4.79 Å². The molecule has 18 heavy (non-hydrogen) atoms. The molecule has 0 aromatic heterocycles. The van der Waals surface area contributed by atoms with Crippen LogP contribution in [0.1, 0.15) is 18.9 Å². The average Bonchev–Trinajstić information content (AvgIpc) is 2.41. The van der Waals surface area contributed by atoms with Crippen LogP contribution < -0.4 is 0 Å². The normalized spacial score (nSPS) is 23.8. The van der Waals surface area contributed by atoms with Gasteiger partial charge < -0.3 is 5.11 Å². The van der Waals surface area contributed by atoms with Gasteiger partial charge in [0.05, 0.1) is 5.25 Å². The molecule has 1 heterocycles. The highest BCUT2D eigenvalue weighted by Gasteiger charge is 2.30. The number of phenols is 1. The Balaban J connectivity index is 2.00. The van der Waals surface area contributed by atoms with Crippen LogP contribution in [-0.2, 0) is 11.2 Å². The van der Waals surface area contributed by atoms with E-state index < -0.39 is 0 Å². The van der Waals surface area contributed by atoms with Crippen LogP contribution in [0.5, 0.6) is 5.75 Å². The molecule has 0 radical (unpaired) electrons. The Morgan fingerprint density at radius 3 is 2.61 bits per heavy atom. The molecule has 1 fully saturated rings. The Labute approximate surface area is 117 Å². The topological polar surface area (TPSA) is 37.3 Å². The van der Waals surface area contributed by atoms with Crippen LogP contribution in [0.4, 0.5) is 0 Å². The Morgan fingerprint density at radius 1 is 1.28 bits per heavy atom. The lowest BCUT2D eigenvalue weighted by molar-refractivity contribution is -0.117. The molecule has 2 atom stereocenters. The summed E-state index contributed by atoms with van der Waals surface area (Å²) in [5.74, 6) is 2.81. The molecule has 0 spiro atoms. The molecule has 4 heteroatoms. The smallest absolute Gasteiger partial charge is 0.151 e. The summed E-state index contributed by atoms with van der Waals surface area (Å²) < 4.78 is 0. The molecule has 0 bridgehead atoms. The molecule has 0 saturated carbocycles. The second kappa shape index (κ2) is 6.53. The van der Waals surface area contributed by atoms with Crippen LogP contribution in [0.3, 0.4) is 0 Å². The van der Waals surface area contributed by atoms with Crippen LogP contribution in [0.2, 0.25) is 0 Å². The lowest BCUT2D eigenvalue weighted by Gasteiger charge is -2.28. The van der Waals surface area contributed by atoms with E-state index in [4.69, 9.17) is 0 Å². The molecule has 1 aliphatic heterocycles. The largest absolute Gasteiger partial charge is 0.508 e. The molecular weight excluding hydrogens is 264 g/mol. The quantitative estimate of drug-likeness (QED) is 0.920. The molecular formula is C14H18O2S2. The number of thioether (sulfide) groups is 2. The van der Waals surface area contributed by atoms with Crippen LogP contribution in [0.25, 0.3) is 0 Å². The molecule has 1 saturated heterocycles. The van der Waals surface area contributed by atoms with E-state index in [0.717, 1.165) is 23.5 Å². The summed E-state index contributed by atoms with van der Waals surface area (Å²) in [6, 6.07) is 6.94. The number of Topliss-reactive ketones (excluding diaryl/α,β-unsaturated/α-hetero) is 1. The number of rotatable bonds is 4. The summed E-state index contributed by atoms with van der Waals surface area (Å²) in [7, 11) is 0. The Kier molecular flexibility index (Phi) is 5.01. The summed E-state index contributed by atoms with van der Waals surface area (Å²) in [6.07, 6.45) is 1.54. The second-order valence-electron chi connectivity index (χ2n) is 4.42. The van der Waals surface area contributed by atoms with Crippen LogP contribution in [0, 0.1) is 0 Å². The molecule has 1 aromatic rings. The highest BCUT2D eigenvalue weighted by atomic mass is 32.2. The van der Waals surface area contributed by atoms with Crippen LogP contribution in [0.15, 0.2) is 24.3 Å². The summed E-state index contributed by atoms with van der Waals surface area (Å²) >= 11 is 3.74. The maximum Gasteiger partial charge on any atom is 0.151 e. The van der Waals surface area contributed by atoms with Crippen molar-refractivity contribution >= 4 is 29.3 Å². The SMILES string of the molecule is CCC1SCCSC1C(=O)Cc1ccc(O)cc1. The van der Waals surface area contributed by atoms with Gasteiger partial charge >= 0.3 is 0 Å². The Morgan fingerprint density at radius 2 is 1.94 bits per heavy atom. The first-order chi connectivity index (χ1) is 8.70. The van der Waals surface area contributed by atoms with Gasteiger partial charge in [-0.15, -0.1) is 11.8 Å². The van der Waals surface area contributed by atoms with Crippen molar-refractivity contribution < 1.29 is 9.90 Å². The fourth-order valence-corrected chi connectivity index (χ4v) is 5.15. The van der Waals surface area contributed by atoms with Crippen molar-refractivity contribution in [2.24, 2.45) is 0 Å². The Hall–Kier alpha value is -0.610. The second-order valence-corrected chi connectivity index (χ2v) is 7.01. The fraction of sp³-hybridized carbons (Fsp3) is 0.500. The van der Waals surface area contributed by atoms with E-state index in [-0.39, 0.29) is 11.0 Å². The third kappa shape index (κ3) is 3.45. The van der Waals surface area contributed by atoms with Gasteiger partial charge in [-0.2, -0.15) is 11.8 Å². The molecule has 0 aliphatic carbocycles. The minimum absolute atomic E-state index is 0.141. The number of benzene rings is 1. The molecule has 2 rings (SSSR count). The number of hydrogen-bond acceptors (Lipinski definition) is 4. The molecule has 2 nitrogen and oxygen atoms in total. The monoisotopic (exact) mass is 282 g/mol. The predicted octanol–water partition coefficient (Wildman–Crippen LogP) is 3.13. The van der Waals surface area contributed by atoms with E-state index in [2.05, 4.69) is 6.92 Å². The van der Waals surface area contributed by atoms with Crippen molar-refractivity contribution in [1.82, 2.24) is 0 Å². The number of hydrogen-bond donors (Lipinski definition) is 1. The number of ketones is 1. The van der Waals surface area contributed by atoms with Crippen molar-refractivity contribution in [3.63, 3.8) is 0 Å². The predicted molar refractivity (Wildman–Crippen MR) is 79.6 cm³/mol. The van der Waals surface area contributed by atoms with Crippen molar-refractivity contribution in [1.29, 1.82) is 0 Å². The lowest BCUT2D eigenvalue weighted by atomic mass is 10.0. The van der Waals surface area contributed by atoms with Crippen LogP contribution >= 0.6 is 23.5 Å². The summed E-state index contributed by atoms with van der Waals surface area (Å²) in [4.78, 5) is 12.3. The van der Waals surface area contributed by atoms with Gasteiger partial charge in [-0.25, -0.2) is 0 Å². The van der Waals surface area contributed by atoms with E-state index >= 15 is 0 Å². The van der Waals surface area contributed by atoms with Crippen molar-refractivity contribution in [2.75, 3.05) is 11.5 Å². The molecule has 98 valence electrons. The first kappa shape index (κ1) is 13.8. The van der Waals surface area contributed by atoms with Crippen molar-refractivity contribution in [3.8, 4) is 5.75 Å². The molecule has 1 N–H and O–H groups in total. The lowest BCUT2D eigenvalue weighted by Crippen LogP contribution is -2.33. The molecule has 1 aromatic carbocycles. The summed E-state index contributed by atoms with van der Waals surface area (Å²) in [5, 5.41) is 9.83. The van der Waals surface area contributed by atoms with E-state index in [1.807, 2.05) is 23.9 Å². The fourth-order valence-electron chi connectivity index (χ4n) is 2.12. The number of phenolic OH excluding ortho intramolecular Hbond substituents is 1. The highest BCUT2D eigenvalue weighted by molar-refractivity contribution is 8.07. The van der Waals surface area contributed by atoms with E-state index in [1.54, 1.807) is 23.9 Å². The highest BCUT2D eigenvalue weighted by Crippen LogP contribution is 2.34. The van der Waals surface area contributed by atoms with Gasteiger partial charge in [0, 0.05) is 23.2 Å². The van der Waals surface area contributed by atoms with Gasteiger partial charge in [-0.05, 0) is 24.1 Å². The van der Waals surface area contributed by atoms with E-state index in [1.165, 1.54) is 0 Å². The molecule has 2 unspecified atom stereocenters. The summed E-state index contributed by atoms with van der Waals surface area (Å²) in [5.41, 5.74) is 0.990.